The van der Waals surface area contributed by atoms with E-state index in [-0.39, 0.29) is 6.10 Å². The number of nitrogens with zero attached hydrogens (tertiary/aromatic N) is 1. The van der Waals surface area contributed by atoms with Gasteiger partial charge in [0, 0.05) is 18.8 Å². The lowest BCUT2D eigenvalue weighted by molar-refractivity contribution is 0.154. The van der Waals surface area contributed by atoms with E-state index < -0.39 is 0 Å². The van der Waals surface area contributed by atoms with Gasteiger partial charge in [-0.05, 0) is 37.1 Å². The first kappa shape index (κ1) is 10.3. The number of rotatable bonds is 2. The van der Waals surface area contributed by atoms with E-state index in [1.165, 1.54) is 0 Å². The summed E-state index contributed by atoms with van der Waals surface area (Å²) >= 11 is 0. The fourth-order valence-corrected chi connectivity index (χ4v) is 1.98. The molecule has 82 valence electrons. The number of anilines is 1. The molecule has 1 aromatic rings. The molecule has 1 aromatic carbocycles. The quantitative estimate of drug-likeness (QED) is 0.800. The van der Waals surface area contributed by atoms with E-state index >= 15 is 0 Å². The monoisotopic (exact) mass is 207 g/mol. The Bertz CT molecular complexity index is 310. The second kappa shape index (κ2) is 4.53. The minimum atomic E-state index is -0.180. The maximum absolute atomic E-state index is 9.58. The zero-order valence-electron chi connectivity index (χ0n) is 9.02. The van der Waals surface area contributed by atoms with Crippen molar-refractivity contribution in [2.75, 3.05) is 25.1 Å². The maximum atomic E-state index is 9.58. The summed E-state index contributed by atoms with van der Waals surface area (Å²) in [5, 5.41) is 9.58. The van der Waals surface area contributed by atoms with Gasteiger partial charge in [-0.2, -0.15) is 0 Å². The molecule has 0 saturated carbocycles. The highest BCUT2D eigenvalue weighted by Crippen LogP contribution is 2.22. The zero-order valence-corrected chi connectivity index (χ0v) is 9.02. The van der Waals surface area contributed by atoms with Gasteiger partial charge in [0.15, 0.2) is 0 Å². The summed E-state index contributed by atoms with van der Waals surface area (Å²) in [4.78, 5) is 2.22. The summed E-state index contributed by atoms with van der Waals surface area (Å²) in [5.74, 6) is 0.872. The van der Waals surface area contributed by atoms with Crippen LogP contribution in [-0.2, 0) is 0 Å². The van der Waals surface area contributed by atoms with Gasteiger partial charge in [0.1, 0.15) is 5.75 Å². The van der Waals surface area contributed by atoms with Crippen molar-refractivity contribution in [3.63, 3.8) is 0 Å². The Hall–Kier alpha value is -1.22. The number of piperidine rings is 1. The zero-order chi connectivity index (χ0) is 10.7. The van der Waals surface area contributed by atoms with Crippen LogP contribution in [-0.4, -0.2) is 31.4 Å². The molecule has 0 amide bonds. The third-order valence-corrected chi connectivity index (χ3v) is 2.83. The number of methoxy groups -OCH3 is 1. The van der Waals surface area contributed by atoms with Gasteiger partial charge in [-0.25, -0.2) is 0 Å². The minimum Gasteiger partial charge on any atom is -0.497 e. The smallest absolute Gasteiger partial charge is 0.119 e. The Morgan fingerprint density at radius 2 is 2.07 bits per heavy atom. The Balaban J connectivity index is 2.07. The minimum absolute atomic E-state index is 0.180. The second-order valence-electron chi connectivity index (χ2n) is 3.94. The molecule has 1 N–H and O–H groups in total. The van der Waals surface area contributed by atoms with Crippen LogP contribution in [0.15, 0.2) is 24.3 Å². The van der Waals surface area contributed by atoms with E-state index in [0.717, 1.165) is 37.4 Å². The molecule has 1 fully saturated rings. The van der Waals surface area contributed by atoms with Gasteiger partial charge in [-0.1, -0.05) is 0 Å². The third kappa shape index (κ3) is 2.42. The first-order chi connectivity index (χ1) is 7.29. The summed E-state index contributed by atoms with van der Waals surface area (Å²) in [7, 11) is 1.67. The molecule has 0 unspecified atom stereocenters. The van der Waals surface area contributed by atoms with Crippen LogP contribution in [0.4, 0.5) is 5.69 Å². The van der Waals surface area contributed by atoms with E-state index in [2.05, 4.69) is 4.90 Å². The standard InChI is InChI=1S/C12H17NO2/c1-15-12-6-4-10(5-7-12)13-8-2-3-11(14)9-13/h4-7,11,14H,2-3,8-9H2,1H3/t11-/m0/s1. The molecule has 1 aliphatic heterocycles. The highest BCUT2D eigenvalue weighted by molar-refractivity contribution is 5.49. The van der Waals surface area contributed by atoms with Gasteiger partial charge >= 0.3 is 0 Å². The van der Waals surface area contributed by atoms with Gasteiger partial charge < -0.3 is 14.7 Å². The average Bonchev–Trinajstić information content (AvgIpc) is 2.29. The second-order valence-corrected chi connectivity index (χ2v) is 3.94. The molecule has 3 nitrogen and oxygen atoms in total. The molecule has 1 saturated heterocycles. The van der Waals surface area contributed by atoms with Crippen molar-refractivity contribution in [1.29, 1.82) is 0 Å². The van der Waals surface area contributed by atoms with Crippen molar-refractivity contribution in [3.8, 4) is 5.75 Å². The number of hydrogen-bond donors (Lipinski definition) is 1. The first-order valence-corrected chi connectivity index (χ1v) is 5.36. The van der Waals surface area contributed by atoms with Gasteiger partial charge in [0.25, 0.3) is 0 Å². The molecule has 1 atom stereocenters. The highest BCUT2D eigenvalue weighted by Gasteiger charge is 2.17. The topological polar surface area (TPSA) is 32.7 Å². The largest absolute Gasteiger partial charge is 0.497 e. The number of aliphatic hydroxyl groups excluding tert-OH is 1. The van der Waals surface area contributed by atoms with Crippen LogP contribution in [0.5, 0.6) is 5.75 Å². The van der Waals surface area contributed by atoms with Gasteiger partial charge in [-0.15, -0.1) is 0 Å². The van der Waals surface area contributed by atoms with Crippen LogP contribution in [0, 0.1) is 0 Å². The van der Waals surface area contributed by atoms with E-state index in [0.29, 0.717) is 0 Å². The Morgan fingerprint density at radius 1 is 1.33 bits per heavy atom. The van der Waals surface area contributed by atoms with Crippen molar-refractivity contribution in [1.82, 2.24) is 0 Å². The molecular weight excluding hydrogens is 190 g/mol. The van der Waals surface area contributed by atoms with E-state index in [1.807, 2.05) is 24.3 Å². The van der Waals surface area contributed by atoms with Gasteiger partial charge in [0.05, 0.1) is 13.2 Å². The fraction of sp³-hybridized carbons (Fsp3) is 0.500. The molecule has 3 heteroatoms. The Morgan fingerprint density at radius 3 is 2.67 bits per heavy atom. The van der Waals surface area contributed by atoms with Crippen LogP contribution in [0.2, 0.25) is 0 Å². The molecule has 0 spiro atoms. The van der Waals surface area contributed by atoms with E-state index in [9.17, 15) is 5.11 Å². The molecule has 0 aromatic heterocycles. The SMILES string of the molecule is COc1ccc(N2CCC[C@H](O)C2)cc1. The Labute approximate surface area is 90.3 Å². The van der Waals surface area contributed by atoms with E-state index in [1.54, 1.807) is 7.11 Å². The number of ether oxygens (including phenoxy) is 1. The summed E-state index contributed by atoms with van der Waals surface area (Å²) in [6.45, 7) is 1.77. The van der Waals surface area contributed by atoms with Crippen molar-refractivity contribution in [3.05, 3.63) is 24.3 Å². The predicted octanol–water partition coefficient (Wildman–Crippen LogP) is 1.66. The third-order valence-electron chi connectivity index (χ3n) is 2.83. The van der Waals surface area contributed by atoms with Crippen LogP contribution in [0.1, 0.15) is 12.8 Å². The summed E-state index contributed by atoms with van der Waals surface area (Å²) < 4.78 is 5.11. The van der Waals surface area contributed by atoms with Crippen LogP contribution >= 0.6 is 0 Å². The average molecular weight is 207 g/mol. The lowest BCUT2D eigenvalue weighted by Crippen LogP contribution is -2.38. The maximum Gasteiger partial charge on any atom is 0.119 e. The molecule has 1 heterocycles. The number of aliphatic hydroxyl groups is 1. The summed E-state index contributed by atoms with van der Waals surface area (Å²) in [6.07, 6.45) is 1.81. The highest BCUT2D eigenvalue weighted by atomic mass is 16.5. The van der Waals surface area contributed by atoms with Crippen molar-refractivity contribution in [2.24, 2.45) is 0 Å². The van der Waals surface area contributed by atoms with Gasteiger partial charge in [0.2, 0.25) is 0 Å². The van der Waals surface area contributed by atoms with E-state index in [4.69, 9.17) is 4.74 Å². The number of β-amino-alcohol motifs (C(OH)–C–C–N with tert-alkyl or cyclic N) is 1. The fourth-order valence-electron chi connectivity index (χ4n) is 1.98. The van der Waals surface area contributed by atoms with Crippen molar-refractivity contribution in [2.45, 2.75) is 18.9 Å². The predicted molar refractivity (Wildman–Crippen MR) is 60.4 cm³/mol. The first-order valence-electron chi connectivity index (χ1n) is 5.36. The summed E-state index contributed by atoms with van der Waals surface area (Å²) in [6, 6.07) is 7.99. The Kier molecular flexibility index (Phi) is 3.11. The molecule has 0 radical (unpaired) electrons. The molecule has 1 aliphatic rings. The molecule has 0 aliphatic carbocycles. The lowest BCUT2D eigenvalue weighted by atomic mass is 10.1. The molecule has 2 rings (SSSR count). The van der Waals surface area contributed by atoms with Crippen molar-refractivity contribution >= 4 is 5.69 Å². The molecule has 0 bridgehead atoms. The number of hydrogen-bond acceptors (Lipinski definition) is 3. The van der Waals surface area contributed by atoms with Crippen LogP contribution in [0.25, 0.3) is 0 Å². The van der Waals surface area contributed by atoms with Crippen LogP contribution < -0.4 is 9.64 Å². The number of benzene rings is 1. The summed E-state index contributed by atoms with van der Waals surface area (Å²) in [5.41, 5.74) is 1.16. The van der Waals surface area contributed by atoms with Gasteiger partial charge in [-0.3, -0.25) is 0 Å². The molecular formula is C12H17NO2. The lowest BCUT2D eigenvalue weighted by Gasteiger charge is -2.32. The van der Waals surface area contributed by atoms with Crippen LogP contribution in [0.3, 0.4) is 0 Å². The normalized spacial score (nSPS) is 21.5. The van der Waals surface area contributed by atoms with Crippen molar-refractivity contribution < 1.29 is 9.84 Å². The molecule has 15 heavy (non-hydrogen) atoms.